The number of sulfonamides is 1. The second kappa shape index (κ2) is 27.5. The molecule has 7 aromatic carbocycles. The Bertz CT molecular complexity index is 4620. The first-order valence-corrected chi connectivity index (χ1v) is 34.7. The Morgan fingerprint density at radius 1 is 0.615 bits per heavy atom. The molecule has 0 bridgehead atoms. The van der Waals surface area contributed by atoms with Crippen LogP contribution >= 0.6 is 9.39 Å². The van der Waals surface area contributed by atoms with E-state index in [4.69, 9.17) is 34.7 Å². The van der Waals surface area contributed by atoms with Gasteiger partial charge in [-0.25, -0.2) is 43.0 Å². The van der Waals surface area contributed by atoms with Crippen LogP contribution in [-0.2, 0) is 27.3 Å². The lowest BCUT2D eigenvalue weighted by Gasteiger charge is -2.26. The van der Waals surface area contributed by atoms with Crippen molar-refractivity contribution in [3.05, 3.63) is 216 Å². The quantitative estimate of drug-likeness (QED) is 0.0228. The van der Waals surface area contributed by atoms with Crippen LogP contribution in [0.25, 0.3) is 83.7 Å². The van der Waals surface area contributed by atoms with E-state index >= 15 is 0 Å². The standard InChI is InChI=1S/C74H78N10O3S2.C2H6/c1-13-16-17-50(14-2)47-77-88(11,12)58-35-38-63-65(43-58)83-71(52-24-20-49(5)21-25-52)72(81-63)60-45-74(60,8)56-32-28-54(29-33-56)70-69(80-62-39-36-59(44-66(62)82-70)89(85,86)76-15-3)53-26-30-55(31-27-53)73(6,7)46-67-68(51-22-18-48(4)19-23-51)79-61-37-34-57(42-64(61)78-67)87-75-40-41-84(9)10;1-2/h14,17-39,42-45,75-77H,2,11-13,15-16,40-41,46-47H2,1,3-10H3;1-2H3/b50-17+;. The summed E-state index contributed by atoms with van der Waals surface area (Å²) in [5, 5.41) is 0. The predicted molar refractivity (Wildman–Crippen MR) is 383 cm³/mol. The molecule has 0 fully saturated rings. The topological polar surface area (TPSA) is 160 Å². The van der Waals surface area contributed by atoms with Crippen LogP contribution in [0, 0.1) is 13.8 Å². The maximum absolute atomic E-state index is 13.4. The Balaban J connectivity index is 0.00000450. The molecule has 0 amide bonds. The molecule has 15 heteroatoms. The van der Waals surface area contributed by atoms with Gasteiger partial charge < -0.3 is 9.74 Å². The van der Waals surface area contributed by atoms with Crippen LogP contribution in [0.15, 0.2) is 192 Å². The Hall–Kier alpha value is -8.54. The van der Waals surface area contributed by atoms with E-state index in [2.05, 4.69) is 201 Å². The Morgan fingerprint density at radius 3 is 1.68 bits per heavy atom. The summed E-state index contributed by atoms with van der Waals surface area (Å²) >= 11 is 0. The smallest absolute Gasteiger partial charge is 0.240 e. The molecule has 1 aliphatic carbocycles. The second-order valence-corrected chi connectivity index (χ2v) is 28.6. The van der Waals surface area contributed by atoms with Crippen molar-refractivity contribution >= 4 is 69.8 Å². The highest BCUT2D eigenvalue weighted by Crippen LogP contribution is 2.54. The van der Waals surface area contributed by atoms with Gasteiger partial charge in [0.2, 0.25) is 10.0 Å². The Morgan fingerprint density at radius 2 is 1.11 bits per heavy atom. The van der Waals surface area contributed by atoms with Crippen LogP contribution in [0.1, 0.15) is 94.9 Å². The molecule has 0 radical (unpaired) electrons. The Labute approximate surface area is 538 Å². The minimum Gasteiger partial charge on any atom is -0.409 e. The molecule has 13 nitrogen and oxygen atoms in total. The van der Waals surface area contributed by atoms with Crippen LogP contribution in [-0.4, -0.2) is 95.2 Å². The summed E-state index contributed by atoms with van der Waals surface area (Å²) in [6.45, 7) is 25.2. The van der Waals surface area contributed by atoms with E-state index in [-0.39, 0.29) is 11.4 Å². The molecule has 0 saturated heterocycles. The number of allylic oxidation sites excluding steroid dienone is 3. The van der Waals surface area contributed by atoms with E-state index < -0.39 is 30.2 Å². The van der Waals surface area contributed by atoms with Crippen LogP contribution in [0.3, 0.4) is 0 Å². The first-order valence-electron chi connectivity index (χ1n) is 31.3. The maximum Gasteiger partial charge on any atom is 0.240 e. The third-order valence-electron chi connectivity index (χ3n) is 16.6. The fourth-order valence-corrected chi connectivity index (χ4v) is 13.4. The molecule has 468 valence electrons. The zero-order valence-electron chi connectivity index (χ0n) is 54.4. The van der Waals surface area contributed by atoms with Crippen molar-refractivity contribution in [1.29, 1.82) is 0 Å². The number of aromatic nitrogens is 6. The van der Waals surface area contributed by atoms with Gasteiger partial charge in [0.25, 0.3) is 0 Å². The normalized spacial score (nSPS) is 14.4. The van der Waals surface area contributed by atoms with Crippen molar-refractivity contribution in [2.45, 2.75) is 102 Å². The predicted octanol–water partition coefficient (Wildman–Crippen LogP) is 15.9. The SMILES string of the molecule is C=C/C(=C\CCC)CNS(=C)(=C)c1ccc2nc(C3=CC3(C)c3ccc(-c4nc5cc(S(=O)(=O)NCC)ccc5nc4-c4ccc(C(C)(C)Cc5nc6cc(ONCCN(C)C)ccc6nc5-c5ccc(C)cc5)cc4)cc3)c(-c3ccc(C)cc3)nc2c1.CC. The first-order chi connectivity index (χ1) is 43.6. The van der Waals surface area contributed by atoms with E-state index in [1.165, 1.54) is 5.56 Å². The largest absolute Gasteiger partial charge is 0.409 e. The highest BCUT2D eigenvalue weighted by atomic mass is 32.2. The summed E-state index contributed by atoms with van der Waals surface area (Å²) in [4.78, 5) is 41.0. The number of hydrogen-bond acceptors (Lipinski definition) is 12. The lowest BCUT2D eigenvalue weighted by Crippen LogP contribution is -2.28. The van der Waals surface area contributed by atoms with Gasteiger partial charge in [0, 0.05) is 71.2 Å². The number of hydrogen-bond donors (Lipinski definition) is 3. The number of likely N-dealkylation sites (N-methyl/N-ethyl adjacent to an activating group) is 1. The number of fused-ring (bicyclic) bond motifs is 3. The van der Waals surface area contributed by atoms with E-state index in [1.54, 1.807) is 25.1 Å². The summed E-state index contributed by atoms with van der Waals surface area (Å²) in [5.41, 5.74) is 21.4. The average Bonchev–Trinajstić information content (AvgIpc) is 1.58. The lowest BCUT2D eigenvalue weighted by atomic mass is 9.79. The van der Waals surface area contributed by atoms with Gasteiger partial charge in [0.15, 0.2) is 0 Å². The monoisotopic (exact) mass is 1250 g/mol. The fourth-order valence-electron chi connectivity index (χ4n) is 11.1. The van der Waals surface area contributed by atoms with Crippen LogP contribution in [0.2, 0.25) is 0 Å². The molecule has 1 aliphatic rings. The molecule has 0 saturated carbocycles. The fraction of sp³-hybridized carbons (Fsp3) is 0.263. The maximum atomic E-state index is 13.4. The molecule has 10 aromatic rings. The summed E-state index contributed by atoms with van der Waals surface area (Å²) in [5.74, 6) is 9.79. The first kappa shape index (κ1) is 65.4. The van der Waals surface area contributed by atoms with Gasteiger partial charge in [-0.1, -0.05) is 193 Å². The Kier molecular flexibility index (Phi) is 19.8. The molecule has 11 rings (SSSR count). The van der Waals surface area contributed by atoms with Crippen LogP contribution in [0.5, 0.6) is 5.75 Å². The van der Waals surface area contributed by atoms with E-state index in [9.17, 15) is 8.42 Å². The molecular weight excluding hydrogens is 1170 g/mol. The number of aryl methyl sites for hydroxylation is 2. The molecule has 3 heterocycles. The minimum absolute atomic E-state index is 0.122. The molecule has 91 heavy (non-hydrogen) atoms. The van der Waals surface area contributed by atoms with Crippen molar-refractivity contribution in [2.75, 3.05) is 40.3 Å². The van der Waals surface area contributed by atoms with Crippen molar-refractivity contribution < 1.29 is 13.3 Å². The van der Waals surface area contributed by atoms with Crippen molar-refractivity contribution in [2.24, 2.45) is 0 Å². The molecule has 3 N–H and O–H groups in total. The molecule has 3 aromatic heterocycles. The van der Waals surface area contributed by atoms with E-state index in [0.29, 0.717) is 47.7 Å². The average molecular weight is 1250 g/mol. The van der Waals surface area contributed by atoms with Gasteiger partial charge in [-0.3, -0.25) is 4.72 Å². The van der Waals surface area contributed by atoms with Crippen LogP contribution < -0.4 is 19.8 Å². The van der Waals surface area contributed by atoms with Crippen molar-refractivity contribution in [3.63, 3.8) is 0 Å². The van der Waals surface area contributed by atoms with Gasteiger partial charge in [0.1, 0.15) is 5.75 Å². The zero-order valence-corrected chi connectivity index (χ0v) is 56.0. The number of nitrogens with zero attached hydrogens (tertiary/aromatic N) is 7. The van der Waals surface area contributed by atoms with E-state index in [0.717, 1.165) is 119 Å². The number of unbranched alkanes of at least 4 members (excludes halogenated alkanes) is 1. The summed E-state index contributed by atoms with van der Waals surface area (Å²) in [6, 6.07) is 50.8. The number of benzene rings is 7. The number of rotatable bonds is 24. The molecular formula is C76H84N10O3S2. The van der Waals surface area contributed by atoms with Gasteiger partial charge in [-0.2, -0.15) is 5.48 Å². The van der Waals surface area contributed by atoms with Crippen molar-refractivity contribution in [1.82, 2.24) is 49.7 Å². The number of hydroxylamine groups is 1. The van der Waals surface area contributed by atoms with Gasteiger partial charge in [-0.15, -0.1) is 9.39 Å². The second-order valence-electron chi connectivity index (χ2n) is 24.3. The molecule has 1 atom stereocenters. The van der Waals surface area contributed by atoms with Crippen LogP contribution in [0.4, 0.5) is 0 Å². The third-order valence-corrected chi connectivity index (χ3v) is 20.0. The highest BCUT2D eigenvalue weighted by molar-refractivity contribution is 8.26. The minimum atomic E-state index is -3.78. The van der Waals surface area contributed by atoms with Crippen molar-refractivity contribution in [3.8, 4) is 50.8 Å². The highest BCUT2D eigenvalue weighted by Gasteiger charge is 2.44. The van der Waals surface area contributed by atoms with E-state index in [1.807, 2.05) is 58.3 Å². The number of nitrogens with one attached hydrogen (secondary N) is 3. The molecule has 0 aliphatic heterocycles. The summed E-state index contributed by atoms with van der Waals surface area (Å²) in [6.07, 6.45) is 9.03. The summed E-state index contributed by atoms with van der Waals surface area (Å²) < 4.78 is 33.0. The van der Waals surface area contributed by atoms with Gasteiger partial charge in [0.05, 0.1) is 72.2 Å². The van der Waals surface area contributed by atoms with Gasteiger partial charge >= 0.3 is 0 Å². The molecule has 0 spiro atoms. The van der Waals surface area contributed by atoms with Gasteiger partial charge in [-0.05, 0) is 118 Å². The third kappa shape index (κ3) is 14.6. The zero-order chi connectivity index (χ0) is 64.8. The summed E-state index contributed by atoms with van der Waals surface area (Å²) in [7, 11) is -1.62. The lowest BCUT2D eigenvalue weighted by molar-refractivity contribution is 0.184. The molecule has 1 unspecified atom stereocenters.